The lowest BCUT2D eigenvalue weighted by molar-refractivity contribution is -0.141. The van der Waals surface area contributed by atoms with Crippen LogP contribution in [0.1, 0.15) is 77.1 Å². The first kappa shape index (κ1) is 31.7. The number of rotatable bonds is 11. The van der Waals surface area contributed by atoms with Crippen molar-refractivity contribution in [1.82, 2.24) is 10.2 Å². The maximum Gasteiger partial charge on any atom is 0.408 e. The molecular weight excluding hydrogens is 494 g/mol. The lowest BCUT2D eigenvalue weighted by atomic mass is 9.96. The molecule has 2 rings (SSSR count). The van der Waals surface area contributed by atoms with E-state index >= 15 is 0 Å². The standard InChI is InChI=1S/C31H45N3O5/c1-20(2)10-11-23(5)34(27(35)19-32-30(37)39-31(6,7)8)28(24-17-21(3)16-22(4)18-24)29(36)33-25-12-14-26(38-9)15-13-25/h12-18,20,23,28H,10-11,19H2,1-9H3,(H,32,37)(H,33,36). The van der Waals surface area contributed by atoms with Gasteiger partial charge in [0.25, 0.3) is 5.91 Å². The van der Waals surface area contributed by atoms with Crippen molar-refractivity contribution in [1.29, 1.82) is 0 Å². The number of nitrogens with zero attached hydrogens (tertiary/aromatic N) is 1. The lowest BCUT2D eigenvalue weighted by Crippen LogP contribution is -2.50. The van der Waals surface area contributed by atoms with Gasteiger partial charge in [-0.2, -0.15) is 0 Å². The van der Waals surface area contributed by atoms with E-state index in [0.717, 1.165) is 17.5 Å². The van der Waals surface area contributed by atoms with E-state index < -0.39 is 17.7 Å². The van der Waals surface area contributed by atoms with Crippen molar-refractivity contribution < 1.29 is 23.9 Å². The van der Waals surface area contributed by atoms with Crippen LogP contribution < -0.4 is 15.4 Å². The van der Waals surface area contributed by atoms with Crippen LogP contribution in [0.25, 0.3) is 0 Å². The average Bonchev–Trinajstić information content (AvgIpc) is 2.83. The second-order valence-corrected chi connectivity index (χ2v) is 11.5. The smallest absolute Gasteiger partial charge is 0.408 e. The summed E-state index contributed by atoms with van der Waals surface area (Å²) in [4.78, 5) is 41.7. The Bertz CT molecular complexity index is 1100. The molecule has 0 heterocycles. The summed E-state index contributed by atoms with van der Waals surface area (Å²) in [6, 6.07) is 11.8. The van der Waals surface area contributed by atoms with Gasteiger partial charge in [0.05, 0.1) is 7.11 Å². The van der Waals surface area contributed by atoms with Crippen LogP contribution in [0, 0.1) is 19.8 Å². The predicted molar refractivity (Wildman–Crippen MR) is 155 cm³/mol. The van der Waals surface area contributed by atoms with E-state index in [1.165, 1.54) is 0 Å². The minimum absolute atomic E-state index is 0.271. The first-order valence-corrected chi connectivity index (χ1v) is 13.5. The van der Waals surface area contributed by atoms with Crippen molar-refractivity contribution in [2.75, 3.05) is 19.0 Å². The molecule has 0 aliphatic rings. The number of benzene rings is 2. The molecule has 0 saturated carbocycles. The molecule has 0 aliphatic heterocycles. The molecule has 0 radical (unpaired) electrons. The molecule has 0 bridgehead atoms. The second-order valence-electron chi connectivity index (χ2n) is 11.5. The monoisotopic (exact) mass is 539 g/mol. The van der Waals surface area contributed by atoms with Crippen molar-refractivity contribution >= 4 is 23.6 Å². The Morgan fingerprint density at radius 2 is 1.51 bits per heavy atom. The van der Waals surface area contributed by atoms with Crippen molar-refractivity contribution in [3.8, 4) is 5.75 Å². The van der Waals surface area contributed by atoms with Gasteiger partial charge in [0.15, 0.2) is 0 Å². The van der Waals surface area contributed by atoms with Crippen LogP contribution >= 0.6 is 0 Å². The molecule has 8 heteroatoms. The third kappa shape index (κ3) is 10.3. The highest BCUT2D eigenvalue weighted by atomic mass is 16.6. The van der Waals surface area contributed by atoms with Gasteiger partial charge in [0.2, 0.25) is 5.91 Å². The Labute approximate surface area is 233 Å². The highest BCUT2D eigenvalue weighted by Gasteiger charge is 2.35. The van der Waals surface area contributed by atoms with Crippen LogP contribution in [0.2, 0.25) is 0 Å². The number of hydrogen-bond donors (Lipinski definition) is 2. The van der Waals surface area contributed by atoms with Crippen LogP contribution in [0.15, 0.2) is 42.5 Å². The molecule has 0 fully saturated rings. The molecule has 2 aromatic carbocycles. The summed E-state index contributed by atoms with van der Waals surface area (Å²) in [6.45, 7) is 15.1. The van der Waals surface area contributed by atoms with Gasteiger partial charge < -0.3 is 25.0 Å². The lowest BCUT2D eigenvalue weighted by Gasteiger charge is -2.37. The second kappa shape index (κ2) is 14.0. The molecule has 2 aromatic rings. The van der Waals surface area contributed by atoms with Gasteiger partial charge in [-0.1, -0.05) is 43.2 Å². The quantitative estimate of drug-likeness (QED) is 0.356. The zero-order valence-electron chi connectivity index (χ0n) is 24.9. The molecule has 0 spiro atoms. The van der Waals surface area contributed by atoms with Crippen LogP contribution in [0.3, 0.4) is 0 Å². The van der Waals surface area contributed by atoms with Gasteiger partial charge in [0, 0.05) is 11.7 Å². The Hall–Kier alpha value is -3.55. The van der Waals surface area contributed by atoms with E-state index in [2.05, 4.69) is 24.5 Å². The third-order valence-corrected chi connectivity index (χ3v) is 6.15. The Balaban J connectivity index is 2.49. The summed E-state index contributed by atoms with van der Waals surface area (Å²) in [5.41, 5.74) is 2.57. The van der Waals surface area contributed by atoms with E-state index in [9.17, 15) is 14.4 Å². The summed E-state index contributed by atoms with van der Waals surface area (Å²) in [7, 11) is 1.58. The Morgan fingerprint density at radius 3 is 2.03 bits per heavy atom. The van der Waals surface area contributed by atoms with Crippen molar-refractivity contribution in [2.24, 2.45) is 5.92 Å². The van der Waals surface area contributed by atoms with Crippen LogP contribution in [0.4, 0.5) is 10.5 Å². The Kier molecular flexibility index (Phi) is 11.4. The molecule has 0 aromatic heterocycles. The third-order valence-electron chi connectivity index (χ3n) is 6.15. The number of anilines is 1. The fraction of sp³-hybridized carbons (Fsp3) is 0.516. The highest BCUT2D eigenvalue weighted by molar-refractivity contribution is 5.98. The Morgan fingerprint density at radius 1 is 0.923 bits per heavy atom. The maximum absolute atomic E-state index is 14.0. The molecule has 39 heavy (non-hydrogen) atoms. The summed E-state index contributed by atoms with van der Waals surface area (Å²) in [5.74, 6) is 0.390. The topological polar surface area (TPSA) is 97.0 Å². The molecule has 0 aliphatic carbocycles. The van der Waals surface area contributed by atoms with Crippen LogP contribution in [-0.4, -0.2) is 48.1 Å². The molecule has 2 atom stereocenters. The van der Waals surface area contributed by atoms with E-state index in [0.29, 0.717) is 29.3 Å². The fourth-order valence-electron chi connectivity index (χ4n) is 4.40. The molecule has 0 saturated heterocycles. The van der Waals surface area contributed by atoms with Crippen LogP contribution in [-0.2, 0) is 14.3 Å². The minimum Gasteiger partial charge on any atom is -0.497 e. The first-order chi connectivity index (χ1) is 18.2. The molecule has 214 valence electrons. The van der Waals surface area contributed by atoms with Gasteiger partial charge in [0.1, 0.15) is 23.9 Å². The summed E-state index contributed by atoms with van der Waals surface area (Å²) >= 11 is 0. The number of carbonyl (C=O) groups excluding carboxylic acids is 3. The maximum atomic E-state index is 14.0. The first-order valence-electron chi connectivity index (χ1n) is 13.5. The van der Waals surface area contributed by atoms with Gasteiger partial charge in [-0.15, -0.1) is 0 Å². The van der Waals surface area contributed by atoms with Crippen molar-refractivity contribution in [3.05, 3.63) is 59.2 Å². The van der Waals surface area contributed by atoms with Gasteiger partial charge in [-0.3, -0.25) is 9.59 Å². The average molecular weight is 540 g/mol. The van der Waals surface area contributed by atoms with Crippen molar-refractivity contribution in [3.63, 3.8) is 0 Å². The van der Waals surface area contributed by atoms with E-state index in [1.807, 2.05) is 39.0 Å². The number of carbonyl (C=O) groups is 3. The normalized spacial score (nSPS) is 12.9. The largest absolute Gasteiger partial charge is 0.497 e. The number of nitrogens with one attached hydrogen (secondary N) is 2. The number of methoxy groups -OCH3 is 1. The molecule has 3 amide bonds. The number of aryl methyl sites for hydroxylation is 2. The summed E-state index contributed by atoms with van der Waals surface area (Å²) in [6.07, 6.45) is 0.896. The molecule has 8 nitrogen and oxygen atoms in total. The molecular formula is C31H45N3O5. The zero-order valence-corrected chi connectivity index (χ0v) is 24.9. The zero-order chi connectivity index (χ0) is 29.3. The minimum atomic E-state index is -0.916. The highest BCUT2D eigenvalue weighted by Crippen LogP contribution is 2.29. The van der Waals surface area contributed by atoms with E-state index in [-0.39, 0.29) is 24.4 Å². The number of ether oxygens (including phenoxy) is 2. The van der Waals surface area contributed by atoms with Gasteiger partial charge in [-0.05, 0) is 90.1 Å². The molecule has 2 unspecified atom stereocenters. The van der Waals surface area contributed by atoms with Crippen LogP contribution in [0.5, 0.6) is 5.75 Å². The van der Waals surface area contributed by atoms with Crippen molar-refractivity contribution in [2.45, 2.75) is 85.9 Å². The van der Waals surface area contributed by atoms with Gasteiger partial charge >= 0.3 is 6.09 Å². The van der Waals surface area contributed by atoms with Gasteiger partial charge in [-0.25, -0.2) is 4.79 Å². The number of amides is 3. The predicted octanol–water partition coefficient (Wildman–Crippen LogP) is 6.17. The van der Waals surface area contributed by atoms with E-state index in [1.54, 1.807) is 57.0 Å². The fourth-order valence-corrected chi connectivity index (χ4v) is 4.40. The summed E-state index contributed by atoms with van der Waals surface area (Å²) < 4.78 is 10.5. The number of alkyl carbamates (subject to hydrolysis) is 1. The number of hydrogen-bond acceptors (Lipinski definition) is 5. The SMILES string of the molecule is COc1ccc(NC(=O)C(c2cc(C)cc(C)c2)N(C(=O)CNC(=O)OC(C)(C)C)C(C)CCC(C)C)cc1. The van der Waals surface area contributed by atoms with E-state index in [4.69, 9.17) is 9.47 Å². The summed E-state index contributed by atoms with van der Waals surface area (Å²) in [5, 5.41) is 5.55. The molecule has 2 N–H and O–H groups in total.